The number of primary sulfonamides is 1. The topological polar surface area (TPSA) is 83.9 Å². The molecule has 0 saturated carbocycles. The molecule has 0 aromatic heterocycles. The van der Waals surface area contributed by atoms with Crippen LogP contribution in [0.3, 0.4) is 0 Å². The molecule has 0 spiro atoms. The largest absolute Gasteiger partial charge is 0.416 e. The molecule has 2 N–H and O–H groups in total. The summed E-state index contributed by atoms with van der Waals surface area (Å²) in [5, 5.41) is 13.2. The summed E-state index contributed by atoms with van der Waals surface area (Å²) >= 11 is 0. The molecule has 0 heterocycles. The van der Waals surface area contributed by atoms with Gasteiger partial charge in [0.05, 0.1) is 11.1 Å². The lowest BCUT2D eigenvalue weighted by molar-refractivity contribution is -0.137. The molecule has 0 aliphatic carbocycles. The van der Waals surface area contributed by atoms with Crippen LogP contribution in [0.2, 0.25) is 0 Å². The average molecular weight is 250 g/mol. The van der Waals surface area contributed by atoms with E-state index in [0.29, 0.717) is 12.1 Å². The third kappa shape index (κ3) is 2.50. The number of hydrogen-bond acceptors (Lipinski definition) is 3. The Balaban J connectivity index is 3.54. The summed E-state index contributed by atoms with van der Waals surface area (Å²) in [4.78, 5) is -0.829. The maximum Gasteiger partial charge on any atom is 0.416 e. The highest BCUT2D eigenvalue weighted by Crippen LogP contribution is 2.31. The Morgan fingerprint density at radius 2 is 1.88 bits per heavy atom. The average Bonchev–Trinajstić information content (AvgIpc) is 2.14. The second-order valence-electron chi connectivity index (χ2n) is 2.87. The van der Waals surface area contributed by atoms with Gasteiger partial charge in [0.2, 0.25) is 10.0 Å². The van der Waals surface area contributed by atoms with Crippen molar-refractivity contribution in [1.82, 2.24) is 0 Å². The Morgan fingerprint density at radius 1 is 1.31 bits per heavy atom. The van der Waals surface area contributed by atoms with E-state index in [4.69, 9.17) is 10.4 Å². The lowest BCUT2D eigenvalue weighted by Crippen LogP contribution is -2.15. The molecule has 1 aromatic rings. The molecule has 4 nitrogen and oxygen atoms in total. The van der Waals surface area contributed by atoms with Gasteiger partial charge in [0.15, 0.2) is 0 Å². The molecule has 0 saturated heterocycles. The number of nitriles is 1. The Morgan fingerprint density at radius 3 is 2.25 bits per heavy atom. The highest BCUT2D eigenvalue weighted by molar-refractivity contribution is 7.89. The van der Waals surface area contributed by atoms with Gasteiger partial charge >= 0.3 is 6.18 Å². The normalized spacial score (nSPS) is 12.2. The van der Waals surface area contributed by atoms with Crippen molar-refractivity contribution < 1.29 is 21.6 Å². The Bertz CT molecular complexity index is 558. The first-order valence-electron chi connectivity index (χ1n) is 3.80. The van der Waals surface area contributed by atoms with Gasteiger partial charge in [0, 0.05) is 0 Å². The van der Waals surface area contributed by atoms with Crippen molar-refractivity contribution in [3.8, 4) is 6.07 Å². The van der Waals surface area contributed by atoms with Crippen LogP contribution in [0, 0.1) is 11.3 Å². The van der Waals surface area contributed by atoms with Crippen molar-refractivity contribution in [3.63, 3.8) is 0 Å². The zero-order valence-electron chi connectivity index (χ0n) is 7.62. The number of rotatable bonds is 1. The lowest BCUT2D eigenvalue weighted by Gasteiger charge is -2.08. The van der Waals surface area contributed by atoms with Crippen LogP contribution >= 0.6 is 0 Å². The van der Waals surface area contributed by atoms with Gasteiger partial charge in [-0.2, -0.15) is 18.4 Å². The van der Waals surface area contributed by atoms with Gasteiger partial charge < -0.3 is 0 Å². The third-order valence-electron chi connectivity index (χ3n) is 1.74. The second kappa shape index (κ2) is 3.77. The van der Waals surface area contributed by atoms with E-state index < -0.39 is 32.2 Å². The van der Waals surface area contributed by atoms with Crippen molar-refractivity contribution in [2.45, 2.75) is 11.1 Å². The van der Waals surface area contributed by atoms with Crippen LogP contribution in [-0.2, 0) is 16.2 Å². The number of benzene rings is 1. The van der Waals surface area contributed by atoms with Crippen LogP contribution in [0.15, 0.2) is 23.1 Å². The fourth-order valence-electron chi connectivity index (χ4n) is 1.03. The van der Waals surface area contributed by atoms with E-state index in [0.717, 1.165) is 6.07 Å². The van der Waals surface area contributed by atoms with Crippen molar-refractivity contribution in [2.24, 2.45) is 5.14 Å². The molecule has 0 amide bonds. The zero-order chi connectivity index (χ0) is 12.6. The number of halogens is 3. The van der Waals surface area contributed by atoms with E-state index >= 15 is 0 Å². The molecule has 0 fully saturated rings. The van der Waals surface area contributed by atoms with E-state index in [2.05, 4.69) is 0 Å². The van der Waals surface area contributed by atoms with E-state index in [-0.39, 0.29) is 0 Å². The number of sulfonamides is 1. The van der Waals surface area contributed by atoms with Crippen molar-refractivity contribution in [1.29, 1.82) is 5.26 Å². The fourth-order valence-corrected chi connectivity index (χ4v) is 1.74. The van der Waals surface area contributed by atoms with Crippen LogP contribution in [0.1, 0.15) is 11.1 Å². The van der Waals surface area contributed by atoms with Crippen LogP contribution in [0.25, 0.3) is 0 Å². The summed E-state index contributed by atoms with van der Waals surface area (Å²) in [6.45, 7) is 0. The first kappa shape index (κ1) is 12.5. The van der Waals surface area contributed by atoms with E-state index in [1.165, 1.54) is 6.07 Å². The number of nitrogens with zero attached hydrogens (tertiary/aromatic N) is 1. The van der Waals surface area contributed by atoms with Crippen LogP contribution in [0.4, 0.5) is 13.2 Å². The molecule has 0 unspecified atom stereocenters. The lowest BCUT2D eigenvalue weighted by atomic mass is 10.1. The molecule has 0 radical (unpaired) electrons. The summed E-state index contributed by atoms with van der Waals surface area (Å²) in [5.41, 5.74) is -1.59. The highest BCUT2D eigenvalue weighted by atomic mass is 32.2. The SMILES string of the molecule is N#Cc1ccc(C(F)(F)F)cc1S(N)(=O)=O. The van der Waals surface area contributed by atoms with Crippen LogP contribution < -0.4 is 5.14 Å². The molecule has 1 aromatic carbocycles. The Kier molecular flexibility index (Phi) is 2.94. The summed E-state index contributed by atoms with van der Waals surface area (Å²) < 4.78 is 58.7. The molecule has 0 bridgehead atoms. The molecular weight excluding hydrogens is 245 g/mol. The maximum atomic E-state index is 12.3. The number of alkyl halides is 3. The zero-order valence-corrected chi connectivity index (χ0v) is 8.43. The smallest absolute Gasteiger partial charge is 0.225 e. The molecule has 0 aliphatic heterocycles. The van der Waals surface area contributed by atoms with Crippen LogP contribution in [-0.4, -0.2) is 8.42 Å². The number of hydrogen-bond donors (Lipinski definition) is 1. The molecule has 8 heteroatoms. The van der Waals surface area contributed by atoms with Gasteiger partial charge in [-0.25, -0.2) is 13.6 Å². The molecule has 1 rings (SSSR count). The Labute approximate surface area is 89.2 Å². The Hall–Kier alpha value is -1.59. The molecule has 86 valence electrons. The minimum absolute atomic E-state index is 0.341. The van der Waals surface area contributed by atoms with E-state index in [9.17, 15) is 21.6 Å². The van der Waals surface area contributed by atoms with E-state index in [1.54, 1.807) is 0 Å². The van der Waals surface area contributed by atoms with Gasteiger partial charge in [-0.15, -0.1) is 0 Å². The summed E-state index contributed by atoms with van der Waals surface area (Å²) in [6, 6.07) is 3.18. The standard InChI is InChI=1S/C8H5F3N2O2S/c9-8(10,11)6-2-1-5(4-12)7(3-6)16(13,14)15/h1-3H,(H2,13,14,15). The number of nitrogens with two attached hydrogens (primary N) is 1. The summed E-state index contributed by atoms with van der Waals surface area (Å²) in [5.74, 6) is 0. The minimum Gasteiger partial charge on any atom is -0.225 e. The quantitative estimate of drug-likeness (QED) is 0.813. The van der Waals surface area contributed by atoms with Crippen molar-refractivity contribution in [2.75, 3.05) is 0 Å². The molecule has 16 heavy (non-hydrogen) atoms. The summed E-state index contributed by atoms with van der Waals surface area (Å²) in [7, 11) is -4.35. The van der Waals surface area contributed by atoms with Gasteiger partial charge in [0.1, 0.15) is 11.0 Å². The molecular formula is C8H5F3N2O2S. The van der Waals surface area contributed by atoms with Gasteiger partial charge in [-0.05, 0) is 18.2 Å². The molecule has 0 aliphatic rings. The predicted molar refractivity (Wildman–Crippen MR) is 47.5 cm³/mol. The monoisotopic (exact) mass is 250 g/mol. The maximum absolute atomic E-state index is 12.3. The van der Waals surface area contributed by atoms with Gasteiger partial charge in [-0.1, -0.05) is 0 Å². The second-order valence-corrected chi connectivity index (χ2v) is 4.40. The minimum atomic E-state index is -4.69. The summed E-state index contributed by atoms with van der Waals surface area (Å²) in [6.07, 6.45) is -4.69. The predicted octanol–water partition coefficient (Wildman–Crippen LogP) is 1.22. The first-order chi connectivity index (χ1) is 7.16. The van der Waals surface area contributed by atoms with E-state index in [1.807, 2.05) is 0 Å². The van der Waals surface area contributed by atoms with Crippen molar-refractivity contribution >= 4 is 10.0 Å². The van der Waals surface area contributed by atoms with Crippen molar-refractivity contribution in [3.05, 3.63) is 29.3 Å². The van der Waals surface area contributed by atoms with Crippen LogP contribution in [0.5, 0.6) is 0 Å². The fraction of sp³-hybridized carbons (Fsp3) is 0.125. The first-order valence-corrected chi connectivity index (χ1v) is 5.35. The van der Waals surface area contributed by atoms with Gasteiger partial charge in [0.25, 0.3) is 0 Å². The highest BCUT2D eigenvalue weighted by Gasteiger charge is 2.32. The third-order valence-corrected chi connectivity index (χ3v) is 2.69. The van der Waals surface area contributed by atoms with Gasteiger partial charge in [-0.3, -0.25) is 0 Å². The molecule has 0 atom stereocenters.